The van der Waals surface area contributed by atoms with Crippen molar-refractivity contribution in [1.82, 2.24) is 0 Å². The van der Waals surface area contributed by atoms with Gasteiger partial charge in [0, 0.05) is 0 Å². The van der Waals surface area contributed by atoms with Gasteiger partial charge in [0.2, 0.25) is 4.38 Å². The summed E-state index contributed by atoms with van der Waals surface area (Å²) in [7, 11) is 0. The van der Waals surface area contributed by atoms with Crippen molar-refractivity contribution in [1.29, 1.82) is 0 Å². The summed E-state index contributed by atoms with van der Waals surface area (Å²) in [5, 5.41) is 8.60. The summed E-state index contributed by atoms with van der Waals surface area (Å²) in [5.74, 6) is -0.161. The first-order valence-electron chi connectivity index (χ1n) is 3.68. The van der Waals surface area contributed by atoms with Crippen LogP contribution in [-0.4, -0.2) is 27.3 Å². The lowest BCUT2D eigenvalue weighted by atomic mass is 10.3. The van der Waals surface area contributed by atoms with E-state index in [0.717, 1.165) is 5.75 Å². The van der Waals surface area contributed by atoms with Crippen molar-refractivity contribution in [3.05, 3.63) is 0 Å². The zero-order valence-electron chi connectivity index (χ0n) is 7.07. The lowest BCUT2D eigenvalue weighted by molar-refractivity contribution is -0.145. The number of ether oxygens (including phenoxy) is 1. The maximum atomic E-state index is 10.5. The molecule has 3 nitrogen and oxygen atoms in total. The van der Waals surface area contributed by atoms with E-state index in [2.05, 4.69) is 0 Å². The van der Waals surface area contributed by atoms with E-state index in [9.17, 15) is 4.79 Å². The third kappa shape index (κ3) is 4.56. The molecule has 0 saturated heterocycles. The largest absolute Gasteiger partial charge is 0.479 e. The minimum atomic E-state index is -0.962. The van der Waals surface area contributed by atoms with Crippen molar-refractivity contribution < 1.29 is 14.6 Å². The number of thiocarbonyl (C=S) groups is 1. The first kappa shape index (κ1) is 11.7. The van der Waals surface area contributed by atoms with Gasteiger partial charge in [-0.15, -0.1) is 0 Å². The molecule has 0 unspecified atom stereocenters. The Kier molecular flexibility index (Phi) is 6.10. The van der Waals surface area contributed by atoms with Crippen LogP contribution in [0.25, 0.3) is 0 Å². The second kappa shape index (κ2) is 6.25. The molecule has 0 amide bonds. The number of hydrogen-bond acceptors (Lipinski definition) is 4. The van der Waals surface area contributed by atoms with Crippen molar-refractivity contribution in [2.24, 2.45) is 0 Å². The van der Waals surface area contributed by atoms with E-state index in [1.165, 1.54) is 11.8 Å². The van der Waals surface area contributed by atoms with Crippen molar-refractivity contribution in [3.63, 3.8) is 0 Å². The minimum Gasteiger partial charge on any atom is -0.479 e. The third-order valence-electron chi connectivity index (χ3n) is 1.15. The van der Waals surface area contributed by atoms with Crippen LogP contribution >= 0.6 is 24.0 Å². The van der Waals surface area contributed by atoms with Crippen LogP contribution in [0.3, 0.4) is 0 Å². The van der Waals surface area contributed by atoms with Gasteiger partial charge in [0.1, 0.15) is 0 Å². The van der Waals surface area contributed by atoms with Gasteiger partial charge in [-0.3, -0.25) is 0 Å². The molecule has 0 aromatic carbocycles. The molecule has 0 rings (SSSR count). The minimum absolute atomic E-state index is 0.312. The summed E-state index contributed by atoms with van der Waals surface area (Å²) in [5.41, 5.74) is 0. The van der Waals surface area contributed by atoms with Crippen LogP contribution in [0.5, 0.6) is 0 Å². The molecule has 0 radical (unpaired) electrons. The predicted molar refractivity (Wildman–Crippen MR) is 53.5 cm³/mol. The molecule has 1 N–H and O–H groups in total. The number of carboxylic acids is 1. The molecule has 0 aliphatic carbocycles. The average Bonchev–Trinajstić information content (AvgIpc) is 2.00. The quantitative estimate of drug-likeness (QED) is 0.715. The Morgan fingerprint density at radius 3 is 2.58 bits per heavy atom. The van der Waals surface area contributed by atoms with Gasteiger partial charge < -0.3 is 9.84 Å². The van der Waals surface area contributed by atoms with E-state index in [1.807, 2.05) is 6.92 Å². The van der Waals surface area contributed by atoms with Gasteiger partial charge in [0.15, 0.2) is 6.10 Å². The van der Waals surface area contributed by atoms with E-state index in [1.54, 1.807) is 6.92 Å². The van der Waals surface area contributed by atoms with Crippen LogP contribution in [0.4, 0.5) is 0 Å². The Hall–Kier alpha value is -0.290. The number of thioether (sulfide) groups is 1. The molecule has 70 valence electrons. The third-order valence-corrected chi connectivity index (χ3v) is 2.22. The van der Waals surface area contributed by atoms with Crippen LogP contribution in [0.15, 0.2) is 0 Å². The number of aliphatic carboxylic acids is 1. The molecule has 0 aliphatic rings. The Balaban J connectivity index is 3.85. The summed E-state index contributed by atoms with van der Waals surface area (Å²) < 4.78 is 5.31. The molecule has 0 aromatic rings. The van der Waals surface area contributed by atoms with Crippen LogP contribution in [0, 0.1) is 0 Å². The smallest absolute Gasteiger partial charge is 0.344 e. The zero-order chi connectivity index (χ0) is 9.56. The van der Waals surface area contributed by atoms with E-state index in [0.29, 0.717) is 10.8 Å². The van der Waals surface area contributed by atoms with Crippen molar-refractivity contribution in [2.45, 2.75) is 26.4 Å². The Bertz CT molecular complexity index is 170. The predicted octanol–water partition coefficient (Wildman–Crippen LogP) is 1.90. The molecule has 0 aliphatic heterocycles. The van der Waals surface area contributed by atoms with E-state index in [4.69, 9.17) is 22.1 Å². The average molecular weight is 208 g/mol. The van der Waals surface area contributed by atoms with Crippen molar-refractivity contribution in [3.8, 4) is 0 Å². The number of carboxylic acid groups (broad SMARTS) is 1. The highest BCUT2D eigenvalue weighted by atomic mass is 32.2. The molecule has 1 atom stereocenters. The van der Waals surface area contributed by atoms with Gasteiger partial charge in [-0.2, -0.15) is 0 Å². The summed E-state index contributed by atoms with van der Waals surface area (Å²) in [6.45, 7) is 3.68. The number of carbonyl (C=O) groups is 1. The maximum Gasteiger partial charge on any atom is 0.344 e. The van der Waals surface area contributed by atoms with Gasteiger partial charge in [0.25, 0.3) is 0 Å². The molecular formula is C7H12O3S2. The monoisotopic (exact) mass is 208 g/mol. The first-order valence-corrected chi connectivity index (χ1v) is 5.07. The Morgan fingerprint density at radius 2 is 2.25 bits per heavy atom. The number of hydrogen-bond donors (Lipinski definition) is 1. The summed E-state index contributed by atoms with van der Waals surface area (Å²) in [6.07, 6.45) is -0.365. The second-order valence-electron chi connectivity index (χ2n) is 2.04. The van der Waals surface area contributed by atoms with Crippen LogP contribution in [0.2, 0.25) is 0 Å². The molecular weight excluding hydrogens is 196 g/mol. The molecule has 0 aromatic heterocycles. The highest BCUT2D eigenvalue weighted by Gasteiger charge is 2.17. The van der Waals surface area contributed by atoms with Gasteiger partial charge in [-0.1, -0.05) is 25.6 Å². The summed E-state index contributed by atoms with van der Waals surface area (Å²) in [4.78, 5) is 10.5. The molecule has 0 spiro atoms. The standard InChI is InChI=1S/C7H12O3S2/c1-3-5(6(8)9)10-7(11)12-4-2/h5H,3-4H2,1-2H3,(H,8,9)/t5-/m1/s1. The van der Waals surface area contributed by atoms with E-state index < -0.39 is 12.1 Å². The van der Waals surface area contributed by atoms with E-state index >= 15 is 0 Å². The summed E-state index contributed by atoms with van der Waals surface area (Å²) in [6, 6.07) is 0. The first-order chi connectivity index (χ1) is 5.61. The normalized spacial score (nSPS) is 12.2. The molecule has 12 heavy (non-hydrogen) atoms. The lowest BCUT2D eigenvalue weighted by Crippen LogP contribution is -2.24. The van der Waals surface area contributed by atoms with Gasteiger partial charge in [0.05, 0.1) is 0 Å². The van der Waals surface area contributed by atoms with Crippen LogP contribution < -0.4 is 0 Å². The SMILES string of the molecule is CCSC(=S)O[C@H](CC)C(=O)O. The van der Waals surface area contributed by atoms with Crippen LogP contribution in [0.1, 0.15) is 20.3 Å². The maximum absolute atomic E-state index is 10.5. The van der Waals surface area contributed by atoms with Gasteiger partial charge in [-0.05, 0) is 24.4 Å². The molecule has 0 saturated carbocycles. The lowest BCUT2D eigenvalue weighted by Gasteiger charge is -2.12. The molecule has 5 heteroatoms. The zero-order valence-corrected chi connectivity index (χ0v) is 8.70. The second-order valence-corrected chi connectivity index (χ2v) is 3.90. The Morgan fingerprint density at radius 1 is 1.67 bits per heavy atom. The fourth-order valence-electron chi connectivity index (χ4n) is 0.576. The van der Waals surface area contributed by atoms with Crippen molar-refractivity contribution >= 4 is 34.3 Å². The molecule has 0 heterocycles. The highest BCUT2D eigenvalue weighted by Crippen LogP contribution is 2.09. The number of rotatable bonds is 4. The summed E-state index contributed by atoms with van der Waals surface area (Å²) >= 11 is 6.13. The molecule has 0 fully saturated rings. The van der Waals surface area contributed by atoms with Crippen molar-refractivity contribution in [2.75, 3.05) is 5.75 Å². The Labute approximate surface area is 81.5 Å². The molecule has 0 bridgehead atoms. The van der Waals surface area contributed by atoms with E-state index in [-0.39, 0.29) is 0 Å². The van der Waals surface area contributed by atoms with Gasteiger partial charge >= 0.3 is 5.97 Å². The fourth-order valence-corrected chi connectivity index (χ4v) is 1.47. The highest BCUT2D eigenvalue weighted by molar-refractivity contribution is 8.22. The van der Waals surface area contributed by atoms with Gasteiger partial charge in [-0.25, -0.2) is 4.79 Å². The van der Waals surface area contributed by atoms with Crippen LogP contribution in [-0.2, 0) is 9.53 Å². The fraction of sp³-hybridized carbons (Fsp3) is 0.714. The topological polar surface area (TPSA) is 46.5 Å².